The van der Waals surface area contributed by atoms with Gasteiger partial charge < -0.3 is 0 Å². The van der Waals surface area contributed by atoms with Gasteiger partial charge in [0, 0.05) is 0 Å². The summed E-state index contributed by atoms with van der Waals surface area (Å²) in [5.41, 5.74) is 0. The molecule has 0 aliphatic heterocycles. The summed E-state index contributed by atoms with van der Waals surface area (Å²) in [6, 6.07) is 0. The standard InChI is InChI=1S/C26H40/c1-13-11-15-3-5-19-22-10-8-18-14(2)12-16-4-6-20(26(22)24(16)18)21-9-7-17(13)23(15)25(19)21/h13-26H,3-12H2,1-2H3. The van der Waals surface area contributed by atoms with Gasteiger partial charge in [0.25, 0.3) is 0 Å². The fourth-order valence-electron chi connectivity index (χ4n) is 12.0. The Morgan fingerprint density at radius 2 is 0.731 bits per heavy atom. The van der Waals surface area contributed by atoms with Crippen LogP contribution in [0.3, 0.4) is 0 Å². The van der Waals surface area contributed by atoms with Crippen molar-refractivity contribution in [2.24, 2.45) is 82.9 Å². The van der Waals surface area contributed by atoms with E-state index in [9.17, 15) is 0 Å². The molecule has 0 spiro atoms. The maximum Gasteiger partial charge on any atom is -0.0318 e. The zero-order chi connectivity index (χ0) is 17.2. The highest BCUT2D eigenvalue weighted by molar-refractivity contribution is 5.13. The molecule has 0 radical (unpaired) electrons. The number of rotatable bonds is 0. The van der Waals surface area contributed by atoms with Crippen molar-refractivity contribution in [2.45, 2.75) is 78.1 Å². The Morgan fingerprint density at radius 3 is 1.15 bits per heavy atom. The van der Waals surface area contributed by atoms with Crippen molar-refractivity contribution in [1.29, 1.82) is 0 Å². The van der Waals surface area contributed by atoms with Crippen molar-refractivity contribution < 1.29 is 0 Å². The molecule has 0 aromatic heterocycles. The summed E-state index contributed by atoms with van der Waals surface area (Å²) < 4.78 is 0. The van der Waals surface area contributed by atoms with Gasteiger partial charge in [0.15, 0.2) is 0 Å². The van der Waals surface area contributed by atoms with Gasteiger partial charge in [-0.15, -0.1) is 0 Å². The molecule has 7 aliphatic rings. The van der Waals surface area contributed by atoms with Crippen LogP contribution in [-0.2, 0) is 0 Å². The predicted molar refractivity (Wildman–Crippen MR) is 106 cm³/mol. The van der Waals surface area contributed by atoms with Crippen LogP contribution in [0.5, 0.6) is 0 Å². The number of fused-ring (bicyclic) bond motifs is 2. The Labute approximate surface area is 161 Å². The van der Waals surface area contributed by atoms with Gasteiger partial charge in [-0.1, -0.05) is 13.8 Å². The van der Waals surface area contributed by atoms with E-state index in [4.69, 9.17) is 0 Å². The van der Waals surface area contributed by atoms with E-state index in [2.05, 4.69) is 13.8 Å². The Bertz CT molecular complexity index is 533. The fourth-order valence-corrected chi connectivity index (χ4v) is 12.0. The molecule has 0 N–H and O–H groups in total. The van der Waals surface area contributed by atoms with E-state index in [1.807, 2.05) is 0 Å². The average molecular weight is 353 g/mol. The van der Waals surface area contributed by atoms with Gasteiger partial charge >= 0.3 is 0 Å². The second kappa shape index (κ2) is 5.33. The molecule has 0 heterocycles. The zero-order valence-corrected chi connectivity index (χ0v) is 17.2. The van der Waals surface area contributed by atoms with Gasteiger partial charge in [0.1, 0.15) is 0 Å². The second-order valence-corrected chi connectivity index (χ2v) is 12.5. The third-order valence-electron chi connectivity index (χ3n) is 12.3. The van der Waals surface area contributed by atoms with E-state index in [0.29, 0.717) is 0 Å². The molecule has 144 valence electrons. The highest BCUT2D eigenvalue weighted by Gasteiger charge is 2.65. The zero-order valence-electron chi connectivity index (χ0n) is 17.2. The number of hydrogen-bond donors (Lipinski definition) is 0. The van der Waals surface area contributed by atoms with Crippen LogP contribution in [0.2, 0.25) is 0 Å². The van der Waals surface area contributed by atoms with Crippen molar-refractivity contribution in [3.8, 4) is 0 Å². The summed E-state index contributed by atoms with van der Waals surface area (Å²) >= 11 is 0. The lowest BCUT2D eigenvalue weighted by atomic mass is 9.40. The lowest BCUT2D eigenvalue weighted by molar-refractivity contribution is -0.168. The first kappa shape index (κ1) is 15.9. The van der Waals surface area contributed by atoms with Gasteiger partial charge in [-0.3, -0.25) is 0 Å². The van der Waals surface area contributed by atoms with Crippen LogP contribution in [-0.4, -0.2) is 0 Å². The largest absolute Gasteiger partial charge is 0.0622 e. The highest BCUT2D eigenvalue weighted by Crippen LogP contribution is 2.72. The van der Waals surface area contributed by atoms with E-state index < -0.39 is 0 Å². The highest BCUT2D eigenvalue weighted by atomic mass is 14.7. The summed E-state index contributed by atoms with van der Waals surface area (Å²) in [5.74, 6) is 16.1. The lowest BCUT2D eigenvalue weighted by Gasteiger charge is -2.65. The first-order valence-corrected chi connectivity index (χ1v) is 12.7. The smallest absolute Gasteiger partial charge is 0.0318 e. The molecule has 0 bridgehead atoms. The summed E-state index contributed by atoms with van der Waals surface area (Å²) in [6.45, 7) is 5.25. The molecule has 0 nitrogen and oxygen atoms in total. The molecular weight excluding hydrogens is 312 g/mol. The molecule has 14 unspecified atom stereocenters. The molecule has 0 aromatic rings. The topological polar surface area (TPSA) is 0 Å². The van der Waals surface area contributed by atoms with Crippen LogP contribution in [0.4, 0.5) is 0 Å². The maximum absolute atomic E-state index is 2.63. The average Bonchev–Trinajstić information content (AvgIpc) is 3.16. The summed E-state index contributed by atoms with van der Waals surface area (Å²) in [6.07, 6.45) is 16.3. The van der Waals surface area contributed by atoms with Gasteiger partial charge in [-0.2, -0.15) is 0 Å². The Morgan fingerprint density at radius 1 is 0.385 bits per heavy atom. The van der Waals surface area contributed by atoms with Gasteiger partial charge in [-0.25, -0.2) is 0 Å². The normalized spacial score (nSPS) is 67.6. The second-order valence-electron chi connectivity index (χ2n) is 12.5. The Hall–Kier alpha value is 0. The molecule has 7 saturated carbocycles. The van der Waals surface area contributed by atoms with Crippen LogP contribution >= 0.6 is 0 Å². The summed E-state index contributed by atoms with van der Waals surface area (Å²) in [7, 11) is 0. The maximum atomic E-state index is 2.63. The molecule has 14 atom stereocenters. The molecule has 7 rings (SSSR count). The van der Waals surface area contributed by atoms with Crippen molar-refractivity contribution in [3.63, 3.8) is 0 Å². The van der Waals surface area contributed by atoms with Gasteiger partial charge in [0.05, 0.1) is 0 Å². The van der Waals surface area contributed by atoms with Gasteiger partial charge in [-0.05, 0) is 147 Å². The van der Waals surface area contributed by atoms with Crippen LogP contribution in [0, 0.1) is 82.9 Å². The molecular formula is C26H40. The molecule has 0 heteroatoms. The van der Waals surface area contributed by atoms with E-state index in [-0.39, 0.29) is 0 Å². The van der Waals surface area contributed by atoms with Crippen LogP contribution in [0.1, 0.15) is 78.1 Å². The fraction of sp³-hybridized carbons (Fsp3) is 1.00. The minimum atomic E-state index is 1.06. The molecule has 0 aromatic carbocycles. The van der Waals surface area contributed by atoms with Crippen LogP contribution < -0.4 is 0 Å². The molecule has 7 aliphatic carbocycles. The minimum absolute atomic E-state index is 1.06. The molecule has 0 amide bonds. The quantitative estimate of drug-likeness (QED) is 0.458. The lowest BCUT2D eigenvalue weighted by Crippen LogP contribution is -2.59. The summed E-state index contributed by atoms with van der Waals surface area (Å²) in [4.78, 5) is 0. The van der Waals surface area contributed by atoms with Crippen LogP contribution in [0.15, 0.2) is 0 Å². The first-order chi connectivity index (χ1) is 12.7. The van der Waals surface area contributed by atoms with Crippen molar-refractivity contribution in [1.82, 2.24) is 0 Å². The molecule has 0 saturated heterocycles. The van der Waals surface area contributed by atoms with E-state index in [0.717, 1.165) is 35.5 Å². The third kappa shape index (κ3) is 1.80. The molecule has 7 fully saturated rings. The Balaban J connectivity index is 1.30. The van der Waals surface area contributed by atoms with Crippen molar-refractivity contribution in [2.75, 3.05) is 0 Å². The SMILES string of the molecule is CC1CC2CCC3C4CCC5C(C)CC6CCC(C7CCC1C2C37)C4C65. The van der Waals surface area contributed by atoms with E-state index in [1.54, 1.807) is 64.2 Å². The summed E-state index contributed by atoms with van der Waals surface area (Å²) in [5, 5.41) is 0. The van der Waals surface area contributed by atoms with Crippen molar-refractivity contribution >= 4 is 0 Å². The number of hydrogen-bond acceptors (Lipinski definition) is 0. The van der Waals surface area contributed by atoms with E-state index in [1.165, 1.54) is 47.3 Å². The third-order valence-corrected chi connectivity index (χ3v) is 12.3. The minimum Gasteiger partial charge on any atom is -0.0622 e. The van der Waals surface area contributed by atoms with Crippen molar-refractivity contribution in [3.05, 3.63) is 0 Å². The monoisotopic (exact) mass is 352 g/mol. The van der Waals surface area contributed by atoms with E-state index >= 15 is 0 Å². The Kier molecular flexibility index (Phi) is 3.25. The predicted octanol–water partition coefficient (Wildman–Crippen LogP) is 6.65. The van der Waals surface area contributed by atoms with Crippen LogP contribution in [0.25, 0.3) is 0 Å². The molecule has 26 heavy (non-hydrogen) atoms. The van der Waals surface area contributed by atoms with Gasteiger partial charge in [0.2, 0.25) is 0 Å². The first-order valence-electron chi connectivity index (χ1n) is 12.7.